The molecule has 4 N–H and O–H groups in total. The van der Waals surface area contributed by atoms with E-state index in [0.717, 1.165) is 25.9 Å². The molecule has 4 rings (SSSR count). The van der Waals surface area contributed by atoms with Crippen LogP contribution in [0.5, 0.6) is 5.75 Å². The lowest BCUT2D eigenvalue weighted by Crippen LogP contribution is -2.18. The van der Waals surface area contributed by atoms with E-state index >= 15 is 0 Å². The SMILES string of the molecule is CC1CNCCC(CC#Cc2cn3cc(-c4ccccc4O)nc3nc2N)C1. The first-order valence-corrected chi connectivity index (χ1v) is 9.73. The summed E-state index contributed by atoms with van der Waals surface area (Å²) >= 11 is 0. The van der Waals surface area contributed by atoms with E-state index in [1.165, 1.54) is 6.42 Å². The van der Waals surface area contributed by atoms with Crippen LogP contribution in [0.2, 0.25) is 0 Å². The van der Waals surface area contributed by atoms with Gasteiger partial charge in [-0.2, -0.15) is 4.98 Å². The number of benzene rings is 1. The molecule has 0 aliphatic carbocycles. The number of nitrogens with zero attached hydrogens (tertiary/aromatic N) is 3. The second-order valence-electron chi connectivity index (χ2n) is 7.60. The van der Waals surface area contributed by atoms with Crippen molar-refractivity contribution in [2.24, 2.45) is 11.8 Å². The number of phenolic OH excluding ortho intramolecular Hbond substituents is 1. The van der Waals surface area contributed by atoms with Crippen molar-refractivity contribution < 1.29 is 5.11 Å². The van der Waals surface area contributed by atoms with Gasteiger partial charge in [-0.1, -0.05) is 30.9 Å². The largest absolute Gasteiger partial charge is 0.507 e. The van der Waals surface area contributed by atoms with Crippen molar-refractivity contribution >= 4 is 11.6 Å². The Labute approximate surface area is 164 Å². The van der Waals surface area contributed by atoms with Gasteiger partial charge < -0.3 is 16.2 Å². The molecule has 6 heteroatoms. The molecule has 3 heterocycles. The fourth-order valence-electron chi connectivity index (χ4n) is 3.75. The summed E-state index contributed by atoms with van der Waals surface area (Å²) in [6.07, 6.45) is 6.94. The summed E-state index contributed by atoms with van der Waals surface area (Å²) in [5, 5.41) is 13.5. The van der Waals surface area contributed by atoms with Gasteiger partial charge in [-0.05, 0) is 49.9 Å². The van der Waals surface area contributed by atoms with Crippen molar-refractivity contribution in [3.05, 3.63) is 42.2 Å². The van der Waals surface area contributed by atoms with Crippen LogP contribution in [0.15, 0.2) is 36.7 Å². The lowest BCUT2D eigenvalue weighted by molar-refractivity contribution is 0.418. The van der Waals surface area contributed by atoms with Crippen LogP contribution in [0.4, 0.5) is 5.82 Å². The number of phenols is 1. The second-order valence-corrected chi connectivity index (χ2v) is 7.60. The zero-order valence-electron chi connectivity index (χ0n) is 16.0. The number of hydrogen-bond donors (Lipinski definition) is 3. The zero-order chi connectivity index (χ0) is 19.5. The van der Waals surface area contributed by atoms with Crippen molar-refractivity contribution in [1.82, 2.24) is 19.7 Å². The van der Waals surface area contributed by atoms with Gasteiger partial charge in [0, 0.05) is 24.4 Å². The van der Waals surface area contributed by atoms with Crippen molar-refractivity contribution in [1.29, 1.82) is 0 Å². The van der Waals surface area contributed by atoms with E-state index in [1.807, 2.05) is 24.5 Å². The Morgan fingerprint density at radius 1 is 1.29 bits per heavy atom. The van der Waals surface area contributed by atoms with E-state index in [1.54, 1.807) is 16.5 Å². The summed E-state index contributed by atoms with van der Waals surface area (Å²) in [4.78, 5) is 8.85. The lowest BCUT2D eigenvalue weighted by Gasteiger charge is -2.12. The van der Waals surface area contributed by atoms with Gasteiger partial charge in [0.15, 0.2) is 0 Å². The zero-order valence-corrected chi connectivity index (χ0v) is 16.0. The van der Waals surface area contributed by atoms with Gasteiger partial charge in [0.2, 0.25) is 5.78 Å². The average molecular weight is 375 g/mol. The minimum absolute atomic E-state index is 0.186. The molecule has 0 amide bonds. The summed E-state index contributed by atoms with van der Waals surface area (Å²) in [5.74, 6) is 8.86. The van der Waals surface area contributed by atoms with Gasteiger partial charge >= 0.3 is 0 Å². The number of anilines is 1. The number of para-hydroxylation sites is 1. The Balaban J connectivity index is 1.57. The second kappa shape index (κ2) is 7.91. The molecular formula is C22H25N5O. The summed E-state index contributed by atoms with van der Waals surface area (Å²) in [7, 11) is 0. The van der Waals surface area contributed by atoms with Gasteiger partial charge in [0.1, 0.15) is 11.6 Å². The monoisotopic (exact) mass is 375 g/mol. The number of nitrogens with one attached hydrogen (secondary N) is 1. The highest BCUT2D eigenvalue weighted by Crippen LogP contribution is 2.28. The number of nitrogen functional groups attached to an aromatic ring is 1. The fraction of sp³-hybridized carbons (Fsp3) is 0.364. The first-order valence-electron chi connectivity index (χ1n) is 9.73. The fourth-order valence-corrected chi connectivity index (χ4v) is 3.75. The van der Waals surface area contributed by atoms with Crippen LogP contribution >= 0.6 is 0 Å². The number of imidazole rings is 1. The molecule has 0 bridgehead atoms. The molecule has 0 radical (unpaired) electrons. The first-order chi connectivity index (χ1) is 13.6. The molecule has 0 spiro atoms. The summed E-state index contributed by atoms with van der Waals surface area (Å²) in [5.41, 5.74) is 8.12. The Morgan fingerprint density at radius 3 is 3.00 bits per heavy atom. The third-order valence-electron chi connectivity index (χ3n) is 5.23. The lowest BCUT2D eigenvalue weighted by atomic mass is 9.92. The Morgan fingerprint density at radius 2 is 2.14 bits per heavy atom. The molecule has 1 aliphatic rings. The molecule has 1 aliphatic heterocycles. The molecule has 1 fully saturated rings. The summed E-state index contributed by atoms with van der Waals surface area (Å²) in [6.45, 7) is 4.45. The third kappa shape index (κ3) is 3.95. The summed E-state index contributed by atoms with van der Waals surface area (Å²) < 4.78 is 1.81. The van der Waals surface area contributed by atoms with Gasteiger partial charge in [0.25, 0.3) is 0 Å². The van der Waals surface area contributed by atoms with E-state index in [0.29, 0.717) is 40.3 Å². The molecule has 1 aromatic carbocycles. The maximum atomic E-state index is 10.1. The maximum absolute atomic E-state index is 10.1. The average Bonchev–Trinajstić information content (AvgIpc) is 2.95. The minimum Gasteiger partial charge on any atom is -0.507 e. The highest BCUT2D eigenvalue weighted by atomic mass is 16.3. The van der Waals surface area contributed by atoms with Crippen LogP contribution in [-0.4, -0.2) is 32.6 Å². The topological polar surface area (TPSA) is 88.5 Å². The van der Waals surface area contributed by atoms with E-state index < -0.39 is 0 Å². The van der Waals surface area contributed by atoms with Crippen molar-refractivity contribution in [2.75, 3.05) is 18.8 Å². The quantitative estimate of drug-likeness (QED) is 0.599. The third-order valence-corrected chi connectivity index (χ3v) is 5.23. The van der Waals surface area contributed by atoms with E-state index in [9.17, 15) is 5.11 Å². The van der Waals surface area contributed by atoms with Gasteiger partial charge in [0.05, 0.1) is 11.3 Å². The molecule has 144 valence electrons. The maximum Gasteiger partial charge on any atom is 0.236 e. The normalized spacial score (nSPS) is 19.8. The van der Waals surface area contributed by atoms with Gasteiger partial charge in [-0.15, -0.1) is 0 Å². The van der Waals surface area contributed by atoms with Crippen molar-refractivity contribution in [3.63, 3.8) is 0 Å². The smallest absolute Gasteiger partial charge is 0.236 e. The number of nitrogens with two attached hydrogens (primary N) is 1. The van der Waals surface area contributed by atoms with Crippen LogP contribution in [-0.2, 0) is 0 Å². The standard InChI is InChI=1S/C22H25N5O/c1-15-11-16(9-10-24-12-15)5-4-6-17-13-27-14-19(25-22(27)26-21(17)23)18-7-2-3-8-20(18)28/h2-3,7-8,13-16,24,28H,5,9-12H2,1H3,(H2,23,25,26). The molecule has 0 saturated carbocycles. The van der Waals surface area contributed by atoms with Crippen LogP contribution in [0.3, 0.4) is 0 Å². The number of fused-ring (bicyclic) bond motifs is 1. The number of rotatable bonds is 2. The Bertz CT molecular complexity index is 1050. The molecule has 2 atom stereocenters. The van der Waals surface area contributed by atoms with Gasteiger partial charge in [-0.3, -0.25) is 4.40 Å². The van der Waals surface area contributed by atoms with E-state index in [4.69, 9.17) is 5.73 Å². The first kappa shape index (κ1) is 18.3. The van der Waals surface area contributed by atoms with Crippen molar-refractivity contribution in [2.45, 2.75) is 26.2 Å². The van der Waals surface area contributed by atoms with Gasteiger partial charge in [-0.25, -0.2) is 4.98 Å². The Kier molecular flexibility index (Phi) is 5.18. The highest BCUT2D eigenvalue weighted by molar-refractivity contribution is 5.68. The van der Waals surface area contributed by atoms with E-state index in [2.05, 4.69) is 34.0 Å². The number of aromatic hydroxyl groups is 1. The predicted molar refractivity (Wildman–Crippen MR) is 111 cm³/mol. The minimum atomic E-state index is 0.186. The number of aromatic nitrogens is 3. The molecule has 1 saturated heterocycles. The Hall–Kier alpha value is -3.04. The van der Waals surface area contributed by atoms with Crippen molar-refractivity contribution in [3.8, 4) is 28.8 Å². The molecular weight excluding hydrogens is 350 g/mol. The van der Waals surface area contributed by atoms with Crippen LogP contribution in [0.1, 0.15) is 31.7 Å². The van der Waals surface area contributed by atoms with Crippen LogP contribution in [0.25, 0.3) is 17.0 Å². The molecule has 3 aromatic rings. The molecule has 2 aromatic heterocycles. The van der Waals surface area contributed by atoms with Crippen LogP contribution < -0.4 is 11.1 Å². The van der Waals surface area contributed by atoms with Crippen LogP contribution in [0, 0.1) is 23.7 Å². The highest BCUT2D eigenvalue weighted by Gasteiger charge is 2.16. The number of hydrogen-bond acceptors (Lipinski definition) is 5. The molecule has 2 unspecified atom stereocenters. The summed E-state index contributed by atoms with van der Waals surface area (Å²) in [6, 6.07) is 7.11. The van der Waals surface area contributed by atoms with E-state index in [-0.39, 0.29) is 5.75 Å². The molecule has 28 heavy (non-hydrogen) atoms. The molecule has 6 nitrogen and oxygen atoms in total. The predicted octanol–water partition coefficient (Wildman–Crippen LogP) is 3.06.